The molecule has 1 fully saturated rings. The molecule has 112 valence electrons. The van der Waals surface area contributed by atoms with Gasteiger partial charge in [0.2, 0.25) is 10.0 Å². The van der Waals surface area contributed by atoms with Gasteiger partial charge < -0.3 is 4.74 Å². The first-order chi connectivity index (χ1) is 9.46. The number of hydrogen-bond donors (Lipinski definition) is 1. The summed E-state index contributed by atoms with van der Waals surface area (Å²) in [7, 11) is -1.42. The predicted molar refractivity (Wildman–Crippen MR) is 78.8 cm³/mol. The molecule has 1 aliphatic heterocycles. The fourth-order valence-electron chi connectivity index (χ4n) is 2.62. The third kappa shape index (κ3) is 4.86. The molecular formula is C14H22N2O3S. The summed E-state index contributed by atoms with van der Waals surface area (Å²) < 4.78 is 30.3. The molecule has 0 spiro atoms. The number of benzene rings is 1. The highest BCUT2D eigenvalue weighted by Gasteiger charge is 2.24. The Balaban J connectivity index is 1.90. The predicted octanol–water partition coefficient (Wildman–Crippen LogP) is 0.957. The minimum Gasteiger partial charge on any atom is -0.380 e. The summed E-state index contributed by atoms with van der Waals surface area (Å²) >= 11 is 0. The van der Waals surface area contributed by atoms with E-state index in [0.717, 1.165) is 31.6 Å². The van der Waals surface area contributed by atoms with E-state index in [2.05, 4.69) is 21.8 Å². The van der Waals surface area contributed by atoms with Crippen molar-refractivity contribution in [3.63, 3.8) is 0 Å². The molecule has 1 heterocycles. The fourth-order valence-corrected chi connectivity index (χ4v) is 3.42. The summed E-state index contributed by atoms with van der Waals surface area (Å²) in [6, 6.07) is 8.35. The highest BCUT2D eigenvalue weighted by molar-refractivity contribution is 7.88. The number of ether oxygens (including phenoxy) is 1. The van der Waals surface area contributed by atoms with E-state index in [9.17, 15) is 8.42 Å². The molecule has 20 heavy (non-hydrogen) atoms. The van der Waals surface area contributed by atoms with Crippen LogP contribution in [0.3, 0.4) is 0 Å². The van der Waals surface area contributed by atoms with Crippen molar-refractivity contribution in [2.24, 2.45) is 0 Å². The summed E-state index contributed by atoms with van der Waals surface area (Å²) in [5, 5.41) is 0. The number of nitrogens with zero attached hydrogens (tertiary/aromatic N) is 1. The average molecular weight is 298 g/mol. The molecule has 6 heteroatoms. The van der Waals surface area contributed by atoms with Crippen LogP contribution >= 0.6 is 0 Å². The average Bonchev–Trinajstić information content (AvgIpc) is 2.75. The van der Waals surface area contributed by atoms with Crippen LogP contribution in [0.25, 0.3) is 0 Å². The third-order valence-electron chi connectivity index (χ3n) is 3.36. The van der Waals surface area contributed by atoms with E-state index < -0.39 is 10.0 Å². The molecule has 5 nitrogen and oxygen atoms in total. The van der Waals surface area contributed by atoms with Gasteiger partial charge in [-0.15, -0.1) is 0 Å². The second-order valence-corrected chi connectivity index (χ2v) is 7.14. The summed E-state index contributed by atoms with van der Waals surface area (Å²) in [6.45, 7) is 3.15. The van der Waals surface area contributed by atoms with E-state index in [0.29, 0.717) is 6.61 Å². The lowest BCUT2D eigenvalue weighted by molar-refractivity contribution is 0.184. The minimum absolute atomic E-state index is 0.0344. The quantitative estimate of drug-likeness (QED) is 0.850. The molecule has 1 aromatic rings. The number of nitrogens with one attached hydrogen (secondary N) is 1. The van der Waals surface area contributed by atoms with Crippen molar-refractivity contribution < 1.29 is 13.2 Å². The van der Waals surface area contributed by atoms with Gasteiger partial charge in [0.1, 0.15) is 0 Å². The van der Waals surface area contributed by atoms with Crippen molar-refractivity contribution >= 4 is 10.0 Å². The number of methoxy groups -OCH3 is 1. The van der Waals surface area contributed by atoms with Crippen LogP contribution in [0.1, 0.15) is 17.5 Å². The van der Waals surface area contributed by atoms with Crippen LogP contribution in [0.4, 0.5) is 0 Å². The number of rotatable bonds is 6. The molecule has 1 N–H and O–H groups in total. The maximum atomic E-state index is 11.2. The molecule has 0 aromatic heterocycles. The monoisotopic (exact) mass is 298 g/mol. The second-order valence-electron chi connectivity index (χ2n) is 5.36. The maximum Gasteiger partial charge on any atom is 0.208 e. The summed E-state index contributed by atoms with van der Waals surface area (Å²) in [4.78, 5) is 2.27. The van der Waals surface area contributed by atoms with Gasteiger partial charge in [0.05, 0.1) is 12.9 Å². The Labute approximate surface area is 121 Å². The largest absolute Gasteiger partial charge is 0.380 e. The number of hydrogen-bond acceptors (Lipinski definition) is 4. The van der Waals surface area contributed by atoms with E-state index in [1.807, 2.05) is 12.1 Å². The van der Waals surface area contributed by atoms with Crippen LogP contribution in [0.15, 0.2) is 24.3 Å². The number of likely N-dealkylation sites (tertiary alicyclic amines) is 1. The SMILES string of the molecule is COCc1cccc(CN2CC[C@H](NS(C)(=O)=O)C2)c1. The lowest BCUT2D eigenvalue weighted by Crippen LogP contribution is -2.36. The van der Waals surface area contributed by atoms with Crippen molar-refractivity contribution in [1.82, 2.24) is 9.62 Å². The van der Waals surface area contributed by atoms with Gasteiger partial charge in [-0.2, -0.15) is 0 Å². The zero-order valence-corrected chi connectivity index (χ0v) is 12.8. The Morgan fingerprint density at radius 2 is 2.15 bits per heavy atom. The highest BCUT2D eigenvalue weighted by atomic mass is 32.2. The van der Waals surface area contributed by atoms with Crippen LogP contribution in [-0.2, 0) is 27.9 Å². The van der Waals surface area contributed by atoms with Gasteiger partial charge in [0.15, 0.2) is 0 Å². The topological polar surface area (TPSA) is 58.6 Å². The summed E-state index contributed by atoms with van der Waals surface area (Å²) in [6.07, 6.45) is 2.08. The van der Waals surface area contributed by atoms with E-state index >= 15 is 0 Å². The van der Waals surface area contributed by atoms with Gasteiger partial charge in [-0.05, 0) is 17.5 Å². The lowest BCUT2D eigenvalue weighted by atomic mass is 10.1. The molecule has 1 atom stereocenters. The van der Waals surface area contributed by atoms with Gasteiger partial charge in [0.25, 0.3) is 0 Å². The summed E-state index contributed by atoms with van der Waals surface area (Å²) in [5.74, 6) is 0. The zero-order chi connectivity index (χ0) is 14.6. The molecule has 0 unspecified atom stereocenters. The van der Waals surface area contributed by atoms with Crippen LogP contribution in [0.2, 0.25) is 0 Å². The molecule has 0 amide bonds. The Bertz CT molecular complexity index is 545. The minimum atomic E-state index is -3.11. The molecular weight excluding hydrogens is 276 g/mol. The van der Waals surface area contributed by atoms with Gasteiger partial charge in [-0.1, -0.05) is 24.3 Å². The molecule has 2 rings (SSSR count). The first-order valence-corrected chi connectivity index (χ1v) is 8.62. The molecule has 1 aromatic carbocycles. The van der Waals surface area contributed by atoms with Crippen molar-refractivity contribution in [3.8, 4) is 0 Å². The van der Waals surface area contributed by atoms with Crippen LogP contribution in [0.5, 0.6) is 0 Å². The smallest absolute Gasteiger partial charge is 0.208 e. The van der Waals surface area contributed by atoms with E-state index in [1.54, 1.807) is 7.11 Å². The van der Waals surface area contributed by atoms with Crippen LogP contribution in [0, 0.1) is 0 Å². The van der Waals surface area contributed by atoms with Crippen LogP contribution < -0.4 is 4.72 Å². The Hall–Kier alpha value is -0.950. The first kappa shape index (κ1) is 15.4. The second kappa shape index (κ2) is 6.67. The molecule has 0 saturated carbocycles. The van der Waals surface area contributed by atoms with Crippen LogP contribution in [-0.4, -0.2) is 45.8 Å². The van der Waals surface area contributed by atoms with Crippen molar-refractivity contribution in [1.29, 1.82) is 0 Å². The molecule has 0 radical (unpaired) electrons. The van der Waals surface area contributed by atoms with Crippen molar-refractivity contribution in [3.05, 3.63) is 35.4 Å². The fraction of sp³-hybridized carbons (Fsp3) is 0.571. The summed E-state index contributed by atoms with van der Waals surface area (Å²) in [5.41, 5.74) is 2.40. The standard InChI is InChI=1S/C14H22N2O3S/c1-19-11-13-5-3-4-12(8-13)9-16-7-6-14(10-16)15-20(2,17)18/h3-5,8,14-15H,6-7,9-11H2,1-2H3/t14-/m0/s1. The molecule has 0 aliphatic carbocycles. The maximum absolute atomic E-state index is 11.2. The first-order valence-electron chi connectivity index (χ1n) is 6.72. The van der Waals surface area contributed by atoms with Gasteiger partial charge >= 0.3 is 0 Å². The third-order valence-corrected chi connectivity index (χ3v) is 4.12. The van der Waals surface area contributed by atoms with Gasteiger partial charge in [0, 0.05) is 32.8 Å². The van der Waals surface area contributed by atoms with Gasteiger partial charge in [-0.3, -0.25) is 4.90 Å². The van der Waals surface area contributed by atoms with E-state index in [4.69, 9.17) is 4.74 Å². The molecule has 1 saturated heterocycles. The highest BCUT2D eigenvalue weighted by Crippen LogP contribution is 2.15. The van der Waals surface area contributed by atoms with E-state index in [-0.39, 0.29) is 6.04 Å². The molecule has 1 aliphatic rings. The Morgan fingerprint density at radius 3 is 2.85 bits per heavy atom. The lowest BCUT2D eigenvalue weighted by Gasteiger charge is -2.16. The van der Waals surface area contributed by atoms with Crippen molar-refractivity contribution in [2.45, 2.75) is 25.6 Å². The Kier molecular flexibility index (Phi) is 5.15. The number of sulfonamides is 1. The van der Waals surface area contributed by atoms with Gasteiger partial charge in [-0.25, -0.2) is 13.1 Å². The van der Waals surface area contributed by atoms with Crippen molar-refractivity contribution in [2.75, 3.05) is 26.5 Å². The normalized spacial score (nSPS) is 20.4. The Morgan fingerprint density at radius 1 is 1.40 bits per heavy atom. The van der Waals surface area contributed by atoms with E-state index in [1.165, 1.54) is 11.8 Å². The zero-order valence-electron chi connectivity index (χ0n) is 12.0. The molecule has 0 bridgehead atoms.